The van der Waals surface area contributed by atoms with Gasteiger partial charge in [0.05, 0.1) is 16.5 Å². The minimum absolute atomic E-state index is 0.000000000000000444. The van der Waals surface area contributed by atoms with Crippen LogP contribution >= 0.6 is 11.3 Å². The van der Waals surface area contributed by atoms with Crippen molar-refractivity contribution in [2.45, 2.75) is 64.1 Å². The highest BCUT2D eigenvalue weighted by atomic mass is 32.1. The number of carbonyl (C=O) groups excluding carboxylic acids is 1. The molecule has 0 aliphatic heterocycles. The number of alkyl halides is 3. The zero-order valence-corrected chi connectivity index (χ0v) is 21.0. The predicted octanol–water partition coefficient (Wildman–Crippen LogP) is 6.95. The molecule has 0 atom stereocenters. The summed E-state index contributed by atoms with van der Waals surface area (Å²) in [7, 11) is 0. The zero-order chi connectivity index (χ0) is 26.6. The van der Waals surface area contributed by atoms with Crippen molar-refractivity contribution >= 4 is 34.0 Å². The Labute approximate surface area is 216 Å². The molecule has 2 aromatic carbocycles. The third-order valence-corrected chi connectivity index (χ3v) is 8.07. The van der Waals surface area contributed by atoms with E-state index in [0.29, 0.717) is 16.7 Å². The van der Waals surface area contributed by atoms with Gasteiger partial charge in [-0.25, -0.2) is 4.98 Å². The summed E-state index contributed by atoms with van der Waals surface area (Å²) in [6, 6.07) is 9.70. The fraction of sp³-hybridized carbons (Fsp3) is 0.444. The summed E-state index contributed by atoms with van der Waals surface area (Å²) < 4.78 is 42.7. The van der Waals surface area contributed by atoms with Gasteiger partial charge in [0.15, 0.2) is 5.01 Å². The molecule has 2 aliphatic rings. The second kappa shape index (κ2) is 11.5. The number of carbonyl (C=O) groups is 2. The first-order chi connectivity index (χ1) is 17.6. The molecule has 0 saturated heterocycles. The minimum Gasteiger partial charge on any atom is -0.481 e. The van der Waals surface area contributed by atoms with Crippen LogP contribution in [0, 0.1) is 11.8 Å². The normalized spacial score (nSPS) is 16.5. The number of aliphatic carboxylic acids is 1. The molecule has 0 bridgehead atoms. The SMILES string of the molecule is NC(=O)c1nc(CC2CCCCC2)c(-c2ccc(OC(F)(F)F)c3ccccc23)s1.O=C(O)C1CCC1. The van der Waals surface area contributed by atoms with Gasteiger partial charge in [-0.15, -0.1) is 24.5 Å². The van der Waals surface area contributed by atoms with Gasteiger partial charge in [-0.1, -0.05) is 62.8 Å². The van der Waals surface area contributed by atoms with Crippen LogP contribution < -0.4 is 10.5 Å². The van der Waals surface area contributed by atoms with E-state index >= 15 is 0 Å². The number of fused-ring (bicyclic) bond motifs is 1. The number of hydrogen-bond acceptors (Lipinski definition) is 5. The molecule has 0 unspecified atom stereocenters. The van der Waals surface area contributed by atoms with Crippen molar-refractivity contribution in [3.63, 3.8) is 0 Å². The summed E-state index contributed by atoms with van der Waals surface area (Å²) in [6.07, 6.45) is 4.68. The lowest BCUT2D eigenvalue weighted by molar-refractivity contribution is -0.274. The lowest BCUT2D eigenvalue weighted by Crippen LogP contribution is -2.20. The standard InChI is InChI=1S/C22H21F3N2O2S.C5H8O2/c23-22(24,25)29-18-11-10-16(14-8-4-5-9-15(14)18)19-17(27-21(30-19)20(26)28)12-13-6-2-1-3-7-13;6-5(7)4-2-1-3-4/h4-5,8-11,13H,1-3,6-7,12H2,(H2,26,28);4H,1-3H2,(H,6,7). The Kier molecular flexibility index (Phi) is 8.36. The summed E-state index contributed by atoms with van der Waals surface area (Å²) >= 11 is 1.19. The number of thiazole rings is 1. The fourth-order valence-electron chi connectivity index (χ4n) is 4.81. The zero-order valence-electron chi connectivity index (χ0n) is 20.2. The Morgan fingerprint density at radius 1 is 1.00 bits per heavy atom. The van der Waals surface area contributed by atoms with Crippen LogP contribution in [0.15, 0.2) is 36.4 Å². The first-order valence-corrected chi connectivity index (χ1v) is 13.2. The Balaban J connectivity index is 0.000000396. The molecule has 1 amide bonds. The van der Waals surface area contributed by atoms with E-state index in [-0.39, 0.29) is 16.7 Å². The van der Waals surface area contributed by atoms with Gasteiger partial charge in [0, 0.05) is 10.9 Å². The van der Waals surface area contributed by atoms with Crippen LogP contribution in [0.4, 0.5) is 13.2 Å². The third-order valence-electron chi connectivity index (χ3n) is 6.92. The molecule has 0 spiro atoms. The Bertz CT molecular complexity index is 1260. The summed E-state index contributed by atoms with van der Waals surface area (Å²) in [5.41, 5.74) is 7.00. The van der Waals surface area contributed by atoms with Crippen LogP contribution in [0.2, 0.25) is 0 Å². The fourth-order valence-corrected chi connectivity index (χ4v) is 5.79. The third kappa shape index (κ3) is 6.80. The number of nitrogens with two attached hydrogens (primary N) is 1. The number of amides is 1. The smallest absolute Gasteiger partial charge is 0.481 e. The molecule has 1 aromatic heterocycles. The largest absolute Gasteiger partial charge is 0.573 e. The van der Waals surface area contributed by atoms with E-state index in [1.807, 2.05) is 0 Å². The maximum atomic E-state index is 12.8. The second-order valence-corrected chi connectivity index (χ2v) is 10.5. The Morgan fingerprint density at radius 3 is 2.22 bits per heavy atom. The number of primary amides is 1. The molecule has 6 nitrogen and oxygen atoms in total. The maximum Gasteiger partial charge on any atom is 0.573 e. The molecule has 2 saturated carbocycles. The molecule has 2 fully saturated rings. The van der Waals surface area contributed by atoms with Gasteiger partial charge in [0.1, 0.15) is 5.75 Å². The van der Waals surface area contributed by atoms with Crippen molar-refractivity contribution < 1.29 is 32.6 Å². The average molecular weight is 535 g/mol. The summed E-state index contributed by atoms with van der Waals surface area (Å²) in [6.45, 7) is 0. The second-order valence-electron chi connectivity index (χ2n) is 9.54. The van der Waals surface area contributed by atoms with Crippen molar-refractivity contribution in [3.05, 3.63) is 47.1 Å². The van der Waals surface area contributed by atoms with Crippen LogP contribution in [0.1, 0.15) is 66.9 Å². The monoisotopic (exact) mass is 534 g/mol. The topological polar surface area (TPSA) is 103 Å². The number of rotatable bonds is 6. The van der Waals surface area contributed by atoms with Gasteiger partial charge in [-0.05, 0) is 42.7 Å². The number of benzene rings is 2. The van der Waals surface area contributed by atoms with Crippen LogP contribution in [-0.2, 0) is 11.2 Å². The number of aromatic nitrogens is 1. The minimum atomic E-state index is -4.78. The van der Waals surface area contributed by atoms with E-state index < -0.39 is 18.2 Å². The van der Waals surface area contributed by atoms with Crippen LogP contribution in [0.3, 0.4) is 0 Å². The van der Waals surface area contributed by atoms with Crippen molar-refractivity contribution in [1.82, 2.24) is 4.98 Å². The maximum absolute atomic E-state index is 12.8. The number of ether oxygens (including phenoxy) is 1. The Morgan fingerprint density at radius 2 is 1.68 bits per heavy atom. The number of halogens is 3. The number of carboxylic acid groups (broad SMARTS) is 1. The molecular weight excluding hydrogens is 505 g/mol. The molecular formula is C27H29F3N2O4S. The van der Waals surface area contributed by atoms with E-state index in [1.54, 1.807) is 30.3 Å². The van der Waals surface area contributed by atoms with E-state index in [2.05, 4.69) is 9.72 Å². The van der Waals surface area contributed by atoms with Gasteiger partial charge in [-0.3, -0.25) is 9.59 Å². The first-order valence-electron chi connectivity index (χ1n) is 12.4. The van der Waals surface area contributed by atoms with Gasteiger partial charge >= 0.3 is 12.3 Å². The van der Waals surface area contributed by atoms with E-state index in [9.17, 15) is 22.8 Å². The molecule has 2 aliphatic carbocycles. The molecule has 198 valence electrons. The van der Waals surface area contributed by atoms with E-state index in [4.69, 9.17) is 10.8 Å². The molecule has 37 heavy (non-hydrogen) atoms. The average Bonchev–Trinajstić information content (AvgIpc) is 3.22. The quantitative estimate of drug-likeness (QED) is 0.356. The number of hydrogen-bond donors (Lipinski definition) is 2. The predicted molar refractivity (Wildman–Crippen MR) is 136 cm³/mol. The van der Waals surface area contributed by atoms with Crippen LogP contribution in [0.5, 0.6) is 5.75 Å². The highest BCUT2D eigenvalue weighted by molar-refractivity contribution is 7.17. The van der Waals surface area contributed by atoms with Crippen molar-refractivity contribution in [2.24, 2.45) is 17.6 Å². The van der Waals surface area contributed by atoms with Crippen molar-refractivity contribution in [2.75, 3.05) is 0 Å². The van der Waals surface area contributed by atoms with Crippen LogP contribution in [-0.4, -0.2) is 28.3 Å². The molecule has 1 heterocycles. The molecule has 10 heteroatoms. The summed E-state index contributed by atoms with van der Waals surface area (Å²) in [4.78, 5) is 27.1. The van der Waals surface area contributed by atoms with Crippen molar-refractivity contribution in [3.8, 4) is 16.2 Å². The highest BCUT2D eigenvalue weighted by Crippen LogP contribution is 2.41. The number of nitrogens with zero attached hydrogens (tertiary/aromatic N) is 1. The summed E-state index contributed by atoms with van der Waals surface area (Å²) in [5, 5.41) is 9.42. The summed E-state index contributed by atoms with van der Waals surface area (Å²) in [5.74, 6) is -0.988. The van der Waals surface area contributed by atoms with Crippen molar-refractivity contribution in [1.29, 1.82) is 0 Å². The molecule has 3 aromatic rings. The number of carboxylic acids is 1. The highest BCUT2D eigenvalue weighted by Gasteiger charge is 2.32. The van der Waals surface area contributed by atoms with Crippen LogP contribution in [0.25, 0.3) is 21.2 Å². The van der Waals surface area contributed by atoms with E-state index in [1.165, 1.54) is 36.7 Å². The Hall–Kier alpha value is -3.14. The first kappa shape index (κ1) is 26.9. The van der Waals surface area contributed by atoms with E-state index in [0.717, 1.165) is 54.7 Å². The van der Waals surface area contributed by atoms with Gasteiger partial charge in [-0.2, -0.15) is 0 Å². The molecule has 3 N–H and O–H groups in total. The molecule has 0 radical (unpaired) electrons. The van der Waals surface area contributed by atoms with Gasteiger partial charge in [0.25, 0.3) is 5.91 Å². The lowest BCUT2D eigenvalue weighted by atomic mass is 9.85. The molecule has 5 rings (SSSR count). The lowest BCUT2D eigenvalue weighted by Gasteiger charge is -2.21. The van der Waals surface area contributed by atoms with Gasteiger partial charge < -0.3 is 15.6 Å². The van der Waals surface area contributed by atoms with Gasteiger partial charge in [0.2, 0.25) is 0 Å².